The summed E-state index contributed by atoms with van der Waals surface area (Å²) >= 11 is 20.4. The maximum absolute atomic E-state index is 10.2. The van der Waals surface area contributed by atoms with Gasteiger partial charge in [-0.15, -0.1) is 0 Å². The molecule has 0 radical (unpaired) electrons. The highest BCUT2D eigenvalue weighted by Gasteiger charge is 2.19. The Morgan fingerprint density at radius 3 is 2.17 bits per heavy atom. The maximum Gasteiger partial charge on any atom is 0.194 e. The maximum atomic E-state index is 10.2. The van der Waals surface area contributed by atoms with Crippen LogP contribution in [0.5, 0.6) is 0 Å². The van der Waals surface area contributed by atoms with Crippen LogP contribution in [0.1, 0.15) is 17.5 Å². The van der Waals surface area contributed by atoms with Crippen LogP contribution < -0.4 is 0 Å². The van der Waals surface area contributed by atoms with Crippen molar-refractivity contribution < 1.29 is 10.2 Å². The molecule has 5 rings (SSSR count). The molecule has 3 aromatic carbocycles. The Morgan fingerprint density at radius 1 is 0.771 bits per heavy atom. The third-order valence-electron chi connectivity index (χ3n) is 5.67. The summed E-state index contributed by atoms with van der Waals surface area (Å²) in [5.74, 6) is 0. The molecule has 0 unspecified atom stereocenters. The highest BCUT2D eigenvalue weighted by molar-refractivity contribution is 7.99. The van der Waals surface area contributed by atoms with Gasteiger partial charge in [0.15, 0.2) is 6.29 Å². The van der Waals surface area contributed by atoms with Crippen LogP contribution in [-0.2, 0) is 6.54 Å². The monoisotopic (exact) mass is 540 g/mol. The molecule has 0 saturated carbocycles. The zero-order chi connectivity index (χ0) is 24.5. The first-order chi connectivity index (χ1) is 16.9. The predicted octanol–water partition coefficient (Wildman–Crippen LogP) is 7.85. The molecule has 0 aliphatic rings. The molecule has 0 aliphatic carbocycles. The van der Waals surface area contributed by atoms with Crippen molar-refractivity contribution in [2.75, 3.05) is 0 Å². The van der Waals surface area contributed by atoms with Crippen molar-refractivity contribution in [2.24, 2.45) is 0 Å². The van der Waals surface area contributed by atoms with Crippen LogP contribution >= 0.6 is 46.6 Å². The summed E-state index contributed by atoms with van der Waals surface area (Å²) in [4.78, 5) is 5.74. The first-order valence-corrected chi connectivity index (χ1v) is 12.6. The molecule has 2 aromatic heterocycles. The van der Waals surface area contributed by atoms with Crippen LogP contribution in [0.25, 0.3) is 22.0 Å². The van der Waals surface area contributed by atoms with E-state index in [1.165, 1.54) is 11.8 Å². The molecule has 2 N–H and O–H groups in total. The van der Waals surface area contributed by atoms with Crippen LogP contribution in [-0.4, -0.2) is 19.8 Å². The van der Waals surface area contributed by atoms with Gasteiger partial charge in [-0.1, -0.05) is 70.8 Å². The van der Waals surface area contributed by atoms with Crippen LogP contribution in [0, 0.1) is 0 Å². The standard InChI is InChI=1S/C27H19Cl3N2O2S/c28-19-5-6-25(22(30)11-19)35-26-13-20(29)12-23-21(26)14-24(27(33)34)32(23)15-16-1-3-17(4-2-16)18-7-9-31-10-8-18/h1-14,27,33-34H,15H2. The zero-order valence-electron chi connectivity index (χ0n) is 18.2. The molecule has 2 heterocycles. The van der Waals surface area contributed by atoms with Crippen LogP contribution in [0.2, 0.25) is 15.1 Å². The summed E-state index contributed by atoms with van der Waals surface area (Å²) in [6, 6.07) is 22.9. The summed E-state index contributed by atoms with van der Waals surface area (Å²) in [6.07, 6.45) is 1.88. The van der Waals surface area contributed by atoms with Gasteiger partial charge in [0.1, 0.15) is 0 Å². The highest BCUT2D eigenvalue weighted by Crippen LogP contribution is 2.41. The fourth-order valence-corrected chi connectivity index (χ4v) is 5.78. The molecule has 0 bridgehead atoms. The lowest BCUT2D eigenvalue weighted by molar-refractivity contribution is -0.0478. The van der Waals surface area contributed by atoms with Gasteiger partial charge in [-0.05, 0) is 65.2 Å². The van der Waals surface area contributed by atoms with E-state index in [1.54, 1.807) is 30.6 Å². The van der Waals surface area contributed by atoms with Crippen molar-refractivity contribution in [3.8, 4) is 11.1 Å². The number of aliphatic hydroxyl groups excluding tert-OH is 1. The molecule has 8 heteroatoms. The van der Waals surface area contributed by atoms with Gasteiger partial charge in [0.25, 0.3) is 0 Å². The van der Waals surface area contributed by atoms with Crippen LogP contribution in [0.3, 0.4) is 0 Å². The Bertz CT molecular complexity index is 1500. The summed E-state index contributed by atoms with van der Waals surface area (Å²) < 4.78 is 1.88. The summed E-state index contributed by atoms with van der Waals surface area (Å²) in [5, 5.41) is 22.8. The summed E-state index contributed by atoms with van der Waals surface area (Å²) in [7, 11) is 0. The molecule has 0 fully saturated rings. The second-order valence-electron chi connectivity index (χ2n) is 7.98. The van der Waals surface area contributed by atoms with E-state index in [0.29, 0.717) is 27.3 Å². The number of fused-ring (bicyclic) bond motifs is 1. The molecule has 35 heavy (non-hydrogen) atoms. The fourth-order valence-electron chi connectivity index (χ4n) is 3.99. The molecule has 0 saturated heterocycles. The Labute approximate surface area is 221 Å². The van der Waals surface area contributed by atoms with Crippen molar-refractivity contribution in [1.82, 2.24) is 9.55 Å². The number of pyridine rings is 1. The van der Waals surface area contributed by atoms with E-state index in [9.17, 15) is 10.2 Å². The van der Waals surface area contributed by atoms with E-state index in [0.717, 1.165) is 37.4 Å². The van der Waals surface area contributed by atoms with E-state index < -0.39 is 6.29 Å². The SMILES string of the molecule is OC(O)c1cc2c(Sc3ccc(Cl)cc3Cl)cc(Cl)cc2n1Cc1ccc(-c2ccncc2)cc1. The van der Waals surface area contributed by atoms with Crippen molar-refractivity contribution in [3.05, 3.63) is 112 Å². The predicted molar refractivity (Wildman–Crippen MR) is 143 cm³/mol. The van der Waals surface area contributed by atoms with Gasteiger partial charge in [0.2, 0.25) is 0 Å². The molecule has 0 spiro atoms. The average Bonchev–Trinajstić information content (AvgIpc) is 3.20. The first-order valence-electron chi connectivity index (χ1n) is 10.7. The lowest BCUT2D eigenvalue weighted by Crippen LogP contribution is -2.08. The Morgan fingerprint density at radius 2 is 1.49 bits per heavy atom. The fraction of sp³-hybridized carbons (Fsp3) is 0.0741. The van der Waals surface area contributed by atoms with E-state index in [2.05, 4.69) is 4.98 Å². The van der Waals surface area contributed by atoms with Crippen LogP contribution in [0.15, 0.2) is 95.0 Å². The number of halogens is 3. The number of nitrogens with zero attached hydrogens (tertiary/aromatic N) is 2. The number of hydrogen-bond donors (Lipinski definition) is 2. The number of benzene rings is 3. The molecule has 0 aliphatic heterocycles. The van der Waals surface area contributed by atoms with Gasteiger partial charge in [-0.2, -0.15) is 0 Å². The molecule has 5 aromatic rings. The Hall–Kier alpha value is -2.51. The van der Waals surface area contributed by atoms with E-state index in [4.69, 9.17) is 34.8 Å². The minimum atomic E-state index is -1.64. The number of hydrogen-bond acceptors (Lipinski definition) is 4. The van der Waals surface area contributed by atoms with Crippen LogP contribution in [0.4, 0.5) is 0 Å². The van der Waals surface area contributed by atoms with Gasteiger partial charge in [0.05, 0.1) is 16.2 Å². The van der Waals surface area contributed by atoms with Gasteiger partial charge in [0, 0.05) is 44.2 Å². The molecule has 4 nitrogen and oxygen atoms in total. The van der Waals surface area contributed by atoms with Crippen molar-refractivity contribution >= 4 is 57.5 Å². The van der Waals surface area contributed by atoms with E-state index in [1.807, 2.05) is 59.2 Å². The van der Waals surface area contributed by atoms with Crippen molar-refractivity contribution in [1.29, 1.82) is 0 Å². The van der Waals surface area contributed by atoms with Gasteiger partial charge < -0.3 is 14.8 Å². The third-order valence-corrected chi connectivity index (χ3v) is 7.68. The summed E-state index contributed by atoms with van der Waals surface area (Å²) in [5.41, 5.74) is 4.35. The Kier molecular flexibility index (Phi) is 7.07. The zero-order valence-corrected chi connectivity index (χ0v) is 21.3. The van der Waals surface area contributed by atoms with Crippen molar-refractivity contribution in [3.63, 3.8) is 0 Å². The molecule has 176 valence electrons. The number of rotatable bonds is 6. The summed E-state index contributed by atoms with van der Waals surface area (Å²) in [6.45, 7) is 0.444. The van der Waals surface area contributed by atoms with Gasteiger partial charge >= 0.3 is 0 Å². The van der Waals surface area contributed by atoms with Gasteiger partial charge in [-0.25, -0.2) is 0 Å². The second-order valence-corrected chi connectivity index (χ2v) is 10.3. The average molecular weight is 542 g/mol. The smallest absolute Gasteiger partial charge is 0.194 e. The largest absolute Gasteiger partial charge is 0.363 e. The first kappa shape index (κ1) is 24.2. The van der Waals surface area contributed by atoms with Crippen molar-refractivity contribution in [2.45, 2.75) is 22.6 Å². The lowest BCUT2D eigenvalue weighted by Gasteiger charge is -2.13. The molecule has 0 atom stereocenters. The minimum absolute atomic E-state index is 0.379. The van der Waals surface area contributed by atoms with E-state index in [-0.39, 0.29) is 0 Å². The topological polar surface area (TPSA) is 58.3 Å². The molecular formula is C27H19Cl3N2O2S. The second kappa shape index (κ2) is 10.2. The quantitative estimate of drug-likeness (QED) is 0.215. The minimum Gasteiger partial charge on any atom is -0.363 e. The number of aromatic nitrogens is 2. The van der Waals surface area contributed by atoms with Gasteiger partial charge in [-0.3, -0.25) is 4.98 Å². The number of aliphatic hydroxyl groups is 2. The molecular weight excluding hydrogens is 523 g/mol. The Balaban J connectivity index is 1.54. The normalized spacial score (nSPS) is 11.5. The highest BCUT2D eigenvalue weighted by atomic mass is 35.5. The molecule has 0 amide bonds. The lowest BCUT2D eigenvalue weighted by atomic mass is 10.1. The van der Waals surface area contributed by atoms with E-state index >= 15 is 0 Å². The third kappa shape index (κ3) is 5.21.